The van der Waals surface area contributed by atoms with E-state index in [4.69, 9.17) is 105 Å². The van der Waals surface area contributed by atoms with E-state index in [9.17, 15) is 47.8 Å². The molecule has 524 valence electrons. The summed E-state index contributed by atoms with van der Waals surface area (Å²) in [4.78, 5) is 53.3. The number of hydrogen-bond acceptors (Lipinski definition) is 20. The number of aliphatic hydroxyl groups excluding tert-OH is 4. The van der Waals surface area contributed by atoms with Gasteiger partial charge in [0.2, 0.25) is 11.6 Å². The second-order valence-electron chi connectivity index (χ2n) is 20.8. The first kappa shape index (κ1) is 84.8. The molecule has 0 radical (unpaired) electrons. The Morgan fingerprint density at radius 3 is 1.53 bits per heavy atom. The highest BCUT2D eigenvalue weighted by Gasteiger charge is 2.40. The summed E-state index contributed by atoms with van der Waals surface area (Å²) in [5.41, 5.74) is -3.09. The lowest BCUT2D eigenvalue weighted by Crippen LogP contribution is -2.34. The Morgan fingerprint density at radius 2 is 1.13 bits per heavy atom. The molecule has 7 unspecified atom stereocenters. The zero-order valence-electron chi connectivity index (χ0n) is 52.5. The molecule has 0 amide bonds. The van der Waals surface area contributed by atoms with E-state index in [2.05, 4.69) is 10.2 Å². The highest BCUT2D eigenvalue weighted by Crippen LogP contribution is 2.54. The molecule has 6 aromatic rings. The lowest BCUT2D eigenvalue weighted by molar-refractivity contribution is -0.306. The molecule has 8 rings (SSSR count). The molecule has 2 aliphatic rings. The van der Waals surface area contributed by atoms with Crippen LogP contribution < -0.4 is 46.8 Å². The SMILES string of the molecule is CC(C)(C)OO.CNCCCCCl.COc1cc(CO)c(OC)c2ccccc12.COc1cc(COP(=O)(OCC2OC(n3cc(F)c(=O)[nH]c3=O)CC2O)N(C)CCCCCl)c(OC)c2ccccc12.Cl.ClP(Cl)Cl.O=c1[nH]c(=O)n(C2CC(O)C(CO)O2)cc1F. The molecule has 0 saturated carbocycles. The van der Waals surface area contributed by atoms with Gasteiger partial charge in [0.05, 0.1) is 85.1 Å². The van der Waals surface area contributed by atoms with E-state index in [0.717, 1.165) is 67.0 Å². The topological polar surface area (TPSA) is 326 Å². The van der Waals surface area contributed by atoms with Crippen LogP contribution in [-0.2, 0) is 41.2 Å². The zero-order chi connectivity index (χ0) is 68.9. The number of halogens is 8. The Kier molecular flexibility index (Phi) is 39.3. The van der Waals surface area contributed by atoms with Crippen molar-refractivity contribution in [3.8, 4) is 23.0 Å². The number of nitrogens with zero attached hydrogens (tertiary/aromatic N) is 3. The number of aromatic nitrogens is 4. The molecule has 2 aromatic heterocycles. The molecule has 35 heteroatoms. The molecule has 0 aliphatic carbocycles. The largest absolute Gasteiger partial charge is 0.496 e. The molecular formula is C58H82Cl6F2N6O19P2. The highest BCUT2D eigenvalue weighted by molar-refractivity contribution is 8.20. The quantitative estimate of drug-likeness (QED) is 0.00971. The third kappa shape index (κ3) is 26.6. The number of methoxy groups -OCH3 is 4. The fraction of sp³-hybridized carbons (Fsp3) is 0.517. The normalized spacial score (nSPS) is 18.0. The maximum absolute atomic E-state index is 14.1. The number of alkyl halides is 2. The number of fused-ring (bicyclic) bond motifs is 2. The predicted molar refractivity (Wildman–Crippen MR) is 359 cm³/mol. The van der Waals surface area contributed by atoms with Crippen molar-refractivity contribution >= 4 is 105 Å². The average molecular weight is 1480 g/mol. The van der Waals surface area contributed by atoms with E-state index in [1.165, 1.54) is 18.2 Å². The maximum atomic E-state index is 14.1. The molecule has 0 bridgehead atoms. The van der Waals surface area contributed by atoms with Crippen LogP contribution >= 0.6 is 83.1 Å². The highest BCUT2D eigenvalue weighted by atomic mass is 36.0. The van der Waals surface area contributed by atoms with Crippen molar-refractivity contribution in [2.75, 3.05) is 80.6 Å². The number of H-pyrrole nitrogens is 2. The number of unbranched alkanes of at least 4 members (excludes halogenated alkanes) is 2. The molecule has 4 heterocycles. The summed E-state index contributed by atoms with van der Waals surface area (Å²) >= 11 is 25.8. The third-order valence-corrected chi connectivity index (χ3v) is 15.8. The summed E-state index contributed by atoms with van der Waals surface area (Å²) in [6, 6.07) is 18.9. The Labute approximate surface area is 568 Å². The van der Waals surface area contributed by atoms with Crippen molar-refractivity contribution in [2.24, 2.45) is 0 Å². The maximum Gasteiger partial charge on any atom is 0.408 e. The minimum atomic E-state index is -4.00. The minimum Gasteiger partial charge on any atom is -0.496 e. The van der Waals surface area contributed by atoms with Gasteiger partial charge in [-0.2, -0.15) is 8.78 Å². The van der Waals surface area contributed by atoms with Crippen LogP contribution in [0.25, 0.3) is 21.5 Å². The van der Waals surface area contributed by atoms with Gasteiger partial charge in [0.1, 0.15) is 47.7 Å². The first-order valence-electron chi connectivity index (χ1n) is 28.3. The van der Waals surface area contributed by atoms with Gasteiger partial charge in [0.25, 0.3) is 11.1 Å². The molecule has 4 aromatic carbocycles. The second kappa shape index (κ2) is 43.1. The lowest BCUT2D eigenvalue weighted by Gasteiger charge is -2.28. The van der Waals surface area contributed by atoms with Gasteiger partial charge in [-0.15, -0.1) is 35.6 Å². The van der Waals surface area contributed by atoms with Crippen LogP contribution in [0.4, 0.5) is 8.78 Å². The van der Waals surface area contributed by atoms with Crippen LogP contribution in [0.3, 0.4) is 0 Å². The summed E-state index contributed by atoms with van der Waals surface area (Å²) in [6.45, 7) is 5.74. The van der Waals surface area contributed by atoms with Crippen molar-refractivity contribution in [3.05, 3.63) is 137 Å². The molecule has 2 aliphatic heterocycles. The molecule has 25 nitrogen and oxygen atoms in total. The van der Waals surface area contributed by atoms with Crippen molar-refractivity contribution in [1.29, 1.82) is 0 Å². The van der Waals surface area contributed by atoms with Gasteiger partial charge < -0.3 is 54.2 Å². The fourth-order valence-electron chi connectivity index (χ4n) is 8.73. The number of benzene rings is 4. The van der Waals surface area contributed by atoms with E-state index in [-0.39, 0.29) is 45.1 Å². The average Bonchev–Trinajstić information content (AvgIpc) is 1.47. The molecule has 93 heavy (non-hydrogen) atoms. The third-order valence-electron chi connectivity index (χ3n) is 13.3. The summed E-state index contributed by atoms with van der Waals surface area (Å²) in [5.74, 6) is 0.297. The lowest BCUT2D eigenvalue weighted by atomic mass is 10.0. The van der Waals surface area contributed by atoms with Crippen LogP contribution in [0, 0.1) is 11.6 Å². The summed E-state index contributed by atoms with van der Waals surface area (Å²) in [7, 11) is 5.84. The number of aromatic amines is 2. The Morgan fingerprint density at radius 1 is 0.710 bits per heavy atom. The first-order chi connectivity index (χ1) is 43.7. The second-order valence-corrected chi connectivity index (χ2v) is 28.7. The monoisotopic (exact) mass is 1480 g/mol. The van der Waals surface area contributed by atoms with Gasteiger partial charge in [-0.25, -0.2) is 23.7 Å². The van der Waals surface area contributed by atoms with Crippen LogP contribution in [0.15, 0.2) is 92.2 Å². The number of hydrogen-bond donors (Lipinski definition) is 8. The smallest absolute Gasteiger partial charge is 0.408 e. The number of rotatable bonds is 23. The first-order valence-corrected chi connectivity index (χ1v) is 34.9. The van der Waals surface area contributed by atoms with Crippen molar-refractivity contribution < 1.29 is 81.4 Å². The van der Waals surface area contributed by atoms with E-state index >= 15 is 0 Å². The number of ether oxygens (including phenoxy) is 6. The molecule has 0 spiro atoms. The molecule has 2 fully saturated rings. The predicted octanol–water partition coefficient (Wildman–Crippen LogP) is 10.3. The fourth-order valence-corrected chi connectivity index (χ4v) is 10.6. The zero-order valence-corrected chi connectivity index (χ0v) is 58.9. The van der Waals surface area contributed by atoms with Crippen LogP contribution in [0.2, 0.25) is 0 Å². The van der Waals surface area contributed by atoms with Gasteiger partial charge in [0, 0.05) is 63.8 Å². The van der Waals surface area contributed by atoms with E-state index in [1.807, 2.05) is 60.6 Å². The summed E-state index contributed by atoms with van der Waals surface area (Å²) < 4.78 is 88.7. The van der Waals surface area contributed by atoms with Gasteiger partial charge in [0.15, 0.2) is 5.98 Å². The minimum absolute atomic E-state index is 0. The van der Waals surface area contributed by atoms with Gasteiger partial charge >= 0.3 is 19.1 Å². The van der Waals surface area contributed by atoms with Gasteiger partial charge in [-0.1, -0.05) is 82.3 Å². The Hall–Kier alpha value is -4.26. The molecule has 2 saturated heterocycles. The van der Waals surface area contributed by atoms with E-state index in [1.54, 1.807) is 66.3 Å². The van der Waals surface area contributed by atoms with E-state index < -0.39 is 96.9 Å². The molecular weight excluding hydrogens is 1400 g/mol. The Bertz CT molecular complexity index is 3500. The summed E-state index contributed by atoms with van der Waals surface area (Å²) in [6.07, 6.45) is -0.906. The van der Waals surface area contributed by atoms with Crippen molar-refractivity contribution in [1.82, 2.24) is 29.1 Å². The molecule has 7 atom stereocenters. The van der Waals surface area contributed by atoms with Crippen LogP contribution in [0.5, 0.6) is 23.0 Å². The molecule has 8 N–H and O–H groups in total. The summed E-state index contributed by atoms with van der Waals surface area (Å²) in [5, 5.41) is 52.7. The van der Waals surface area contributed by atoms with Crippen molar-refractivity contribution in [2.45, 2.75) is 115 Å². The standard InChI is InChI=1S/C27H34ClFN3O9P.C13H14O3.C9H11FN2O5.C5H12ClN.C4H10O2.Cl3P.ClH/c1-31(11-7-6-10-28)42(36,39-15-17-12-22(37-2)18-8-4-5-9-19(18)25(17)38-3)40-16-23-21(33)13-24(41-23)32-14-20(29)26(34)30-27(32)35;1-15-12-7-9(8-14)13(16-2)11-6-4-3-5-10(11)12;10-4-2-12(9(16)11-8(4)15)7-1-5(14)6(3-13)17-7;1-7-5-3-2-4-6;1-4(2,3)6-5;1-4(2)3;/h4-5,8-9,12,14,21,23-24,33H,6-7,10-11,13,15-16H2,1-3H3,(H,30,34,35);3-7,14H,8H2,1-2H3;2,5-7,13-14H,1,3H2,(H,11,15,16);7H,2-5H2,1H3;5H,1-3H3;;1H. The van der Waals surface area contributed by atoms with Crippen LogP contribution in [-0.4, -0.2) is 160 Å². The van der Waals surface area contributed by atoms with Crippen molar-refractivity contribution in [3.63, 3.8) is 0 Å². The van der Waals surface area contributed by atoms with Gasteiger partial charge in [-0.3, -0.25) is 43.0 Å². The number of nitrogens with one attached hydrogen (secondary N) is 3. The van der Waals surface area contributed by atoms with Crippen LogP contribution in [0.1, 0.15) is 82.9 Å². The number of aliphatic hydroxyl groups is 4. The van der Waals surface area contributed by atoms with E-state index in [0.29, 0.717) is 54.3 Å². The van der Waals surface area contributed by atoms with Gasteiger partial charge in [-0.05, 0) is 79.2 Å². The Balaban J connectivity index is 0.000000470.